The van der Waals surface area contributed by atoms with Crippen molar-refractivity contribution in [3.63, 3.8) is 0 Å². The Morgan fingerprint density at radius 3 is 2.95 bits per heavy atom. The van der Waals surface area contributed by atoms with Crippen LogP contribution in [0.1, 0.15) is 12.8 Å². The third-order valence-corrected chi connectivity index (χ3v) is 3.88. The Labute approximate surface area is 119 Å². The minimum Gasteiger partial charge on any atom is -0.385 e. The van der Waals surface area contributed by atoms with Crippen molar-refractivity contribution in [1.29, 1.82) is 0 Å². The fraction of sp³-hybridized carbons (Fsp3) is 0.467. The van der Waals surface area contributed by atoms with Gasteiger partial charge in [-0.1, -0.05) is 6.07 Å². The quantitative estimate of drug-likeness (QED) is 0.924. The SMILES string of the molecule is CN1CCCC(CNc2cccc(-n3cnnc3)c2)C1. The van der Waals surface area contributed by atoms with Gasteiger partial charge in [0.2, 0.25) is 0 Å². The number of nitrogens with zero attached hydrogens (tertiary/aromatic N) is 4. The van der Waals surface area contributed by atoms with E-state index in [2.05, 4.69) is 51.7 Å². The summed E-state index contributed by atoms with van der Waals surface area (Å²) < 4.78 is 1.92. The van der Waals surface area contributed by atoms with E-state index in [9.17, 15) is 0 Å². The van der Waals surface area contributed by atoms with Crippen LogP contribution in [0.3, 0.4) is 0 Å². The van der Waals surface area contributed by atoms with E-state index in [4.69, 9.17) is 0 Å². The van der Waals surface area contributed by atoms with Crippen molar-refractivity contribution in [3.05, 3.63) is 36.9 Å². The Balaban J connectivity index is 1.61. The molecule has 0 amide bonds. The number of aromatic nitrogens is 3. The predicted octanol–water partition coefficient (Wildman–Crippen LogP) is 2.02. The average molecular weight is 271 g/mol. The fourth-order valence-corrected chi connectivity index (χ4v) is 2.81. The van der Waals surface area contributed by atoms with Gasteiger partial charge < -0.3 is 10.2 Å². The number of hydrogen-bond donors (Lipinski definition) is 1. The van der Waals surface area contributed by atoms with Crippen LogP contribution in [-0.4, -0.2) is 46.3 Å². The highest BCUT2D eigenvalue weighted by molar-refractivity contribution is 5.51. The summed E-state index contributed by atoms with van der Waals surface area (Å²) in [6.07, 6.45) is 6.07. The lowest BCUT2D eigenvalue weighted by Gasteiger charge is -2.30. The van der Waals surface area contributed by atoms with Gasteiger partial charge in [0.05, 0.1) is 5.69 Å². The lowest BCUT2D eigenvalue weighted by molar-refractivity contribution is 0.217. The van der Waals surface area contributed by atoms with Gasteiger partial charge in [0.1, 0.15) is 12.7 Å². The molecule has 1 fully saturated rings. The third-order valence-electron chi connectivity index (χ3n) is 3.88. The van der Waals surface area contributed by atoms with Crippen molar-refractivity contribution in [2.45, 2.75) is 12.8 Å². The smallest absolute Gasteiger partial charge is 0.123 e. The van der Waals surface area contributed by atoms with Crippen LogP contribution in [-0.2, 0) is 0 Å². The zero-order chi connectivity index (χ0) is 13.8. The molecule has 0 bridgehead atoms. The van der Waals surface area contributed by atoms with Gasteiger partial charge in [0, 0.05) is 18.8 Å². The van der Waals surface area contributed by atoms with Crippen molar-refractivity contribution in [2.24, 2.45) is 5.92 Å². The van der Waals surface area contributed by atoms with Gasteiger partial charge in [-0.2, -0.15) is 0 Å². The van der Waals surface area contributed by atoms with E-state index < -0.39 is 0 Å². The first-order valence-electron chi connectivity index (χ1n) is 7.19. The van der Waals surface area contributed by atoms with Crippen LogP contribution in [0.25, 0.3) is 5.69 Å². The first-order chi connectivity index (χ1) is 9.81. The van der Waals surface area contributed by atoms with E-state index in [0.29, 0.717) is 0 Å². The lowest BCUT2D eigenvalue weighted by Crippen LogP contribution is -2.35. The molecule has 1 atom stereocenters. The molecule has 1 aromatic heterocycles. The molecule has 0 radical (unpaired) electrons. The Morgan fingerprint density at radius 1 is 1.30 bits per heavy atom. The van der Waals surface area contributed by atoms with E-state index in [1.165, 1.54) is 25.9 Å². The van der Waals surface area contributed by atoms with Crippen LogP contribution < -0.4 is 5.32 Å². The molecule has 106 valence electrons. The van der Waals surface area contributed by atoms with Crippen molar-refractivity contribution in [2.75, 3.05) is 32.0 Å². The van der Waals surface area contributed by atoms with E-state index in [1.807, 2.05) is 4.57 Å². The number of rotatable bonds is 4. The molecule has 1 aromatic carbocycles. The molecule has 0 saturated carbocycles. The van der Waals surface area contributed by atoms with Gasteiger partial charge >= 0.3 is 0 Å². The van der Waals surface area contributed by atoms with Crippen molar-refractivity contribution >= 4 is 5.69 Å². The summed E-state index contributed by atoms with van der Waals surface area (Å²) in [5.41, 5.74) is 2.24. The van der Waals surface area contributed by atoms with Crippen molar-refractivity contribution in [1.82, 2.24) is 19.7 Å². The maximum atomic E-state index is 3.84. The fourth-order valence-electron chi connectivity index (χ4n) is 2.81. The minimum absolute atomic E-state index is 0.743. The van der Waals surface area contributed by atoms with Gasteiger partial charge in [-0.3, -0.25) is 4.57 Å². The highest BCUT2D eigenvalue weighted by atomic mass is 15.2. The normalized spacial score (nSPS) is 19.9. The van der Waals surface area contributed by atoms with Gasteiger partial charge in [-0.05, 0) is 50.6 Å². The first-order valence-corrected chi connectivity index (χ1v) is 7.19. The molecule has 5 heteroatoms. The summed E-state index contributed by atoms with van der Waals surface area (Å²) >= 11 is 0. The molecular formula is C15H21N5. The number of hydrogen-bond acceptors (Lipinski definition) is 4. The van der Waals surface area contributed by atoms with Crippen molar-refractivity contribution < 1.29 is 0 Å². The summed E-state index contributed by atoms with van der Waals surface area (Å²) in [5.74, 6) is 0.743. The summed E-state index contributed by atoms with van der Waals surface area (Å²) in [6, 6.07) is 8.36. The molecule has 1 aliphatic rings. The van der Waals surface area contributed by atoms with Crippen LogP contribution in [0, 0.1) is 5.92 Å². The van der Waals surface area contributed by atoms with Crippen LogP contribution in [0.4, 0.5) is 5.69 Å². The molecule has 2 heterocycles. The average Bonchev–Trinajstić information content (AvgIpc) is 3.00. The topological polar surface area (TPSA) is 46.0 Å². The standard InChI is InChI=1S/C15H21N5/c1-19-7-3-4-13(10-19)9-16-14-5-2-6-15(8-14)20-11-17-18-12-20/h2,5-6,8,11-13,16H,3-4,7,9-10H2,1H3. The molecule has 1 aliphatic heterocycles. The van der Waals surface area contributed by atoms with Gasteiger partial charge in [0.15, 0.2) is 0 Å². The number of nitrogens with one attached hydrogen (secondary N) is 1. The maximum absolute atomic E-state index is 3.84. The summed E-state index contributed by atoms with van der Waals surface area (Å²) in [5, 5.41) is 11.2. The predicted molar refractivity (Wildman–Crippen MR) is 80.1 cm³/mol. The van der Waals surface area contributed by atoms with Gasteiger partial charge in [-0.25, -0.2) is 0 Å². The Kier molecular flexibility index (Phi) is 3.97. The largest absolute Gasteiger partial charge is 0.385 e. The zero-order valence-corrected chi connectivity index (χ0v) is 11.9. The Morgan fingerprint density at radius 2 is 2.15 bits per heavy atom. The number of likely N-dealkylation sites (tertiary alicyclic amines) is 1. The number of anilines is 1. The van der Waals surface area contributed by atoms with Crippen LogP contribution in [0.2, 0.25) is 0 Å². The minimum atomic E-state index is 0.743. The van der Waals surface area contributed by atoms with Gasteiger partial charge in [-0.15, -0.1) is 10.2 Å². The Bertz CT molecular complexity index is 537. The van der Waals surface area contributed by atoms with Crippen molar-refractivity contribution in [3.8, 4) is 5.69 Å². The van der Waals surface area contributed by atoms with Crippen LogP contribution >= 0.6 is 0 Å². The van der Waals surface area contributed by atoms with E-state index >= 15 is 0 Å². The highest BCUT2D eigenvalue weighted by Gasteiger charge is 2.16. The molecule has 1 N–H and O–H groups in total. The van der Waals surface area contributed by atoms with E-state index in [0.717, 1.165) is 23.8 Å². The second kappa shape index (κ2) is 6.05. The molecule has 2 aromatic rings. The highest BCUT2D eigenvalue weighted by Crippen LogP contribution is 2.18. The lowest BCUT2D eigenvalue weighted by atomic mass is 9.98. The summed E-state index contributed by atoms with van der Waals surface area (Å²) in [7, 11) is 2.21. The number of piperidine rings is 1. The molecule has 1 unspecified atom stereocenters. The molecule has 0 spiro atoms. The molecule has 5 nitrogen and oxygen atoms in total. The van der Waals surface area contributed by atoms with E-state index in [1.54, 1.807) is 12.7 Å². The molecule has 20 heavy (non-hydrogen) atoms. The van der Waals surface area contributed by atoms with Crippen LogP contribution in [0.5, 0.6) is 0 Å². The first kappa shape index (κ1) is 13.1. The number of benzene rings is 1. The van der Waals surface area contributed by atoms with Crippen LogP contribution in [0.15, 0.2) is 36.9 Å². The van der Waals surface area contributed by atoms with E-state index in [-0.39, 0.29) is 0 Å². The molecule has 1 saturated heterocycles. The summed E-state index contributed by atoms with van der Waals surface area (Å²) in [4.78, 5) is 2.42. The Hall–Kier alpha value is -1.88. The monoisotopic (exact) mass is 271 g/mol. The third kappa shape index (κ3) is 3.17. The molecular weight excluding hydrogens is 250 g/mol. The van der Waals surface area contributed by atoms with Gasteiger partial charge in [0.25, 0.3) is 0 Å². The second-order valence-electron chi connectivity index (χ2n) is 5.57. The zero-order valence-electron chi connectivity index (χ0n) is 11.9. The second-order valence-corrected chi connectivity index (χ2v) is 5.57. The maximum Gasteiger partial charge on any atom is 0.123 e. The molecule has 3 rings (SSSR count). The summed E-state index contributed by atoms with van der Waals surface area (Å²) in [6.45, 7) is 3.47. The molecule has 0 aliphatic carbocycles.